The molecule has 0 aliphatic carbocycles. The molecule has 1 atom stereocenters. The van der Waals surface area contributed by atoms with E-state index in [1.807, 2.05) is 0 Å². The molecule has 0 radical (unpaired) electrons. The minimum Gasteiger partial charge on any atom is -0.469 e. The number of rotatable bonds is 18. The highest BCUT2D eigenvalue weighted by Crippen LogP contribution is 2.21. The molecule has 0 bridgehead atoms. The van der Waals surface area contributed by atoms with Gasteiger partial charge in [0.1, 0.15) is 5.78 Å². The summed E-state index contributed by atoms with van der Waals surface area (Å²) in [7, 11) is 2.85. The largest absolute Gasteiger partial charge is 0.469 e. The Kier molecular flexibility index (Phi) is 17.3. The number of hydrogen-bond acceptors (Lipinski definition) is 5. The van der Waals surface area contributed by atoms with Crippen LogP contribution in [-0.4, -0.2) is 31.9 Å². The molecule has 0 amide bonds. The van der Waals surface area contributed by atoms with Gasteiger partial charge in [0, 0.05) is 18.8 Å². The summed E-state index contributed by atoms with van der Waals surface area (Å²) >= 11 is 0. The molecule has 0 heterocycles. The van der Waals surface area contributed by atoms with Gasteiger partial charge in [0.15, 0.2) is 0 Å². The summed E-state index contributed by atoms with van der Waals surface area (Å²) in [5.74, 6) is 0.0426. The molecular formula is C24H42O5. The summed E-state index contributed by atoms with van der Waals surface area (Å²) in [6.07, 6.45) is 15.7. The van der Waals surface area contributed by atoms with E-state index in [1.54, 1.807) is 6.92 Å². The van der Waals surface area contributed by atoms with Crippen molar-refractivity contribution in [2.75, 3.05) is 14.2 Å². The molecule has 0 saturated carbocycles. The Hall–Kier alpha value is -1.65. The first-order valence-electron chi connectivity index (χ1n) is 11.2. The molecule has 29 heavy (non-hydrogen) atoms. The normalized spacial score (nSPS) is 12.5. The highest BCUT2D eigenvalue weighted by atomic mass is 16.5. The summed E-state index contributed by atoms with van der Waals surface area (Å²) in [5, 5.41) is 0. The fourth-order valence-electron chi connectivity index (χ4n) is 3.52. The van der Waals surface area contributed by atoms with Crippen LogP contribution < -0.4 is 0 Å². The molecule has 0 aliphatic rings. The molecule has 168 valence electrons. The van der Waals surface area contributed by atoms with E-state index in [-0.39, 0.29) is 23.6 Å². The van der Waals surface area contributed by atoms with Crippen molar-refractivity contribution in [3.8, 4) is 0 Å². The molecule has 1 unspecified atom stereocenters. The zero-order valence-electron chi connectivity index (χ0n) is 19.1. The molecule has 5 nitrogen and oxygen atoms in total. The van der Waals surface area contributed by atoms with Gasteiger partial charge in [-0.3, -0.25) is 14.4 Å². The summed E-state index contributed by atoms with van der Waals surface area (Å²) < 4.78 is 9.28. The van der Waals surface area contributed by atoms with Gasteiger partial charge in [-0.05, 0) is 46.0 Å². The Labute approximate surface area is 177 Å². The maximum Gasteiger partial charge on any atom is 0.305 e. The minimum atomic E-state index is -0.136. The van der Waals surface area contributed by atoms with Crippen LogP contribution in [0.25, 0.3) is 0 Å². The fourth-order valence-corrected chi connectivity index (χ4v) is 3.52. The van der Waals surface area contributed by atoms with E-state index in [4.69, 9.17) is 0 Å². The van der Waals surface area contributed by atoms with Gasteiger partial charge in [0.25, 0.3) is 0 Å². The number of unbranched alkanes of at least 4 members (excludes halogenated alkanes) is 9. The zero-order chi connectivity index (χ0) is 21.9. The van der Waals surface area contributed by atoms with Crippen LogP contribution in [0.15, 0.2) is 11.6 Å². The molecular weight excluding hydrogens is 368 g/mol. The predicted octanol–water partition coefficient (Wildman–Crippen LogP) is 5.95. The van der Waals surface area contributed by atoms with Gasteiger partial charge in [-0.15, -0.1) is 0 Å². The maximum atomic E-state index is 12.0. The Morgan fingerprint density at radius 2 is 1.14 bits per heavy atom. The number of ether oxygens (including phenoxy) is 2. The van der Waals surface area contributed by atoms with Crippen LogP contribution in [0.5, 0.6) is 0 Å². The second-order valence-electron chi connectivity index (χ2n) is 7.88. The lowest BCUT2D eigenvalue weighted by atomic mass is 9.89. The number of allylic oxidation sites excluding steroid dienone is 2. The van der Waals surface area contributed by atoms with Crippen molar-refractivity contribution in [1.82, 2.24) is 0 Å². The van der Waals surface area contributed by atoms with Gasteiger partial charge in [-0.1, -0.05) is 56.6 Å². The lowest BCUT2D eigenvalue weighted by molar-refractivity contribution is -0.141. The van der Waals surface area contributed by atoms with Crippen molar-refractivity contribution in [3.63, 3.8) is 0 Å². The highest BCUT2D eigenvalue weighted by molar-refractivity contribution is 5.81. The average molecular weight is 411 g/mol. The van der Waals surface area contributed by atoms with Gasteiger partial charge in [0.2, 0.25) is 0 Å². The van der Waals surface area contributed by atoms with E-state index in [9.17, 15) is 14.4 Å². The highest BCUT2D eigenvalue weighted by Gasteiger charge is 2.15. The number of carbonyl (C=O) groups is 3. The standard InChI is InChI=1S/C24H42O5/c1-20(16-12-8-5-6-10-14-18-23(26)28-3)22(21(2)25)17-13-9-7-11-15-19-24(27)29-4/h16,22H,5-15,17-19H2,1-4H3/b20-16+. The van der Waals surface area contributed by atoms with E-state index >= 15 is 0 Å². The van der Waals surface area contributed by atoms with Crippen LogP contribution in [0.1, 0.15) is 104 Å². The molecule has 0 aromatic heterocycles. The van der Waals surface area contributed by atoms with Gasteiger partial charge >= 0.3 is 11.9 Å². The molecule has 0 N–H and O–H groups in total. The van der Waals surface area contributed by atoms with Crippen LogP contribution in [0, 0.1) is 5.92 Å². The maximum absolute atomic E-state index is 12.0. The van der Waals surface area contributed by atoms with Crippen LogP contribution in [0.3, 0.4) is 0 Å². The smallest absolute Gasteiger partial charge is 0.305 e. The SMILES string of the molecule is COC(=O)CCCCCCC/C=C(\C)C(CCCCCCCC(=O)OC)C(C)=O. The Morgan fingerprint density at radius 1 is 0.690 bits per heavy atom. The third-order valence-electron chi connectivity index (χ3n) is 5.42. The van der Waals surface area contributed by atoms with Crippen molar-refractivity contribution >= 4 is 17.7 Å². The Morgan fingerprint density at radius 3 is 1.62 bits per heavy atom. The van der Waals surface area contributed by atoms with E-state index in [2.05, 4.69) is 22.5 Å². The van der Waals surface area contributed by atoms with Gasteiger partial charge in [-0.2, -0.15) is 0 Å². The lowest BCUT2D eigenvalue weighted by Gasteiger charge is -2.15. The molecule has 0 aromatic carbocycles. The number of Topliss-reactive ketones (excluding diaryl/α,β-unsaturated/α-hetero) is 1. The molecule has 0 aromatic rings. The van der Waals surface area contributed by atoms with Crippen molar-refractivity contribution < 1.29 is 23.9 Å². The van der Waals surface area contributed by atoms with E-state index in [0.29, 0.717) is 12.8 Å². The van der Waals surface area contributed by atoms with Crippen LogP contribution in [0.4, 0.5) is 0 Å². The Bertz CT molecular complexity index is 495. The fraction of sp³-hybridized carbons (Fsp3) is 0.792. The number of carbonyl (C=O) groups excluding carboxylic acids is 3. The van der Waals surface area contributed by atoms with E-state index < -0.39 is 0 Å². The van der Waals surface area contributed by atoms with Crippen molar-refractivity contribution in [1.29, 1.82) is 0 Å². The lowest BCUT2D eigenvalue weighted by Crippen LogP contribution is -2.12. The number of hydrogen-bond donors (Lipinski definition) is 0. The summed E-state index contributed by atoms with van der Waals surface area (Å²) in [6.45, 7) is 3.78. The van der Waals surface area contributed by atoms with Crippen molar-refractivity contribution in [2.45, 2.75) is 104 Å². The molecule has 0 fully saturated rings. The predicted molar refractivity (Wildman–Crippen MR) is 117 cm³/mol. The first kappa shape index (κ1) is 27.4. The molecule has 0 rings (SSSR count). The monoisotopic (exact) mass is 410 g/mol. The first-order chi connectivity index (χ1) is 13.9. The van der Waals surface area contributed by atoms with Gasteiger partial charge in [0.05, 0.1) is 14.2 Å². The quantitative estimate of drug-likeness (QED) is 0.159. The minimum absolute atomic E-state index is 0.0464. The van der Waals surface area contributed by atoms with Crippen LogP contribution in [-0.2, 0) is 23.9 Å². The van der Waals surface area contributed by atoms with Gasteiger partial charge in [-0.25, -0.2) is 0 Å². The number of methoxy groups -OCH3 is 2. The van der Waals surface area contributed by atoms with E-state index in [1.165, 1.54) is 19.8 Å². The average Bonchev–Trinajstić information content (AvgIpc) is 2.70. The van der Waals surface area contributed by atoms with Crippen molar-refractivity contribution in [3.05, 3.63) is 11.6 Å². The second kappa shape index (κ2) is 18.4. The van der Waals surface area contributed by atoms with Crippen LogP contribution >= 0.6 is 0 Å². The number of esters is 2. The zero-order valence-corrected chi connectivity index (χ0v) is 19.1. The molecule has 0 saturated heterocycles. The third kappa shape index (κ3) is 15.9. The molecule has 5 heteroatoms. The summed E-state index contributed by atoms with van der Waals surface area (Å²) in [4.78, 5) is 34.1. The van der Waals surface area contributed by atoms with E-state index in [0.717, 1.165) is 77.0 Å². The molecule has 0 spiro atoms. The number of ketones is 1. The second-order valence-corrected chi connectivity index (χ2v) is 7.88. The van der Waals surface area contributed by atoms with Crippen LogP contribution in [0.2, 0.25) is 0 Å². The van der Waals surface area contributed by atoms with Crippen molar-refractivity contribution in [2.24, 2.45) is 5.92 Å². The summed E-state index contributed by atoms with van der Waals surface area (Å²) in [6, 6.07) is 0. The molecule has 0 aliphatic heterocycles. The first-order valence-corrected chi connectivity index (χ1v) is 11.2. The topological polar surface area (TPSA) is 69.7 Å². The summed E-state index contributed by atoms with van der Waals surface area (Å²) in [5.41, 5.74) is 1.20. The van der Waals surface area contributed by atoms with Gasteiger partial charge < -0.3 is 9.47 Å². The Balaban J connectivity index is 3.90. The third-order valence-corrected chi connectivity index (χ3v) is 5.42.